The molecule has 28 heavy (non-hydrogen) atoms. The fourth-order valence-electron chi connectivity index (χ4n) is 3.65. The number of hydrogen-bond acceptors (Lipinski definition) is 5. The zero-order chi connectivity index (χ0) is 19.7. The molecular formula is C21H21N3O3S. The maximum Gasteiger partial charge on any atom is 0.162 e. The average molecular weight is 395 g/mol. The first kappa shape index (κ1) is 18.6. The second-order valence-corrected chi connectivity index (χ2v) is 7.88. The highest BCUT2D eigenvalue weighted by atomic mass is 32.2. The van der Waals surface area contributed by atoms with Crippen LogP contribution >= 0.6 is 0 Å². The monoisotopic (exact) mass is 395 g/mol. The molecule has 1 atom stereocenters. The summed E-state index contributed by atoms with van der Waals surface area (Å²) in [6.07, 6.45) is 2.62. The zero-order valence-electron chi connectivity index (χ0n) is 15.8. The Morgan fingerprint density at radius 3 is 2.64 bits per heavy atom. The van der Waals surface area contributed by atoms with E-state index in [1.807, 2.05) is 22.5 Å². The first-order valence-corrected chi connectivity index (χ1v) is 10.1. The third kappa shape index (κ3) is 3.27. The normalized spacial score (nSPS) is 15.1. The number of aromatic nitrogens is 1. The molecule has 1 aromatic heterocycles. The number of hydrogen-bond donors (Lipinski definition) is 1. The predicted octanol–water partition coefficient (Wildman–Crippen LogP) is 3.55. The molecule has 0 fully saturated rings. The van der Waals surface area contributed by atoms with E-state index < -0.39 is 11.0 Å². The summed E-state index contributed by atoms with van der Waals surface area (Å²) >= 11 is 0. The average Bonchev–Trinajstić information content (AvgIpc) is 2.76. The first-order valence-electron chi connectivity index (χ1n) is 8.93. The number of methoxy groups -OCH3 is 2. The van der Waals surface area contributed by atoms with Gasteiger partial charge in [0.05, 0.1) is 25.3 Å². The summed E-state index contributed by atoms with van der Waals surface area (Å²) in [5, 5.41) is 8.25. The molecule has 0 bridgehead atoms. The van der Waals surface area contributed by atoms with Crippen LogP contribution in [0.1, 0.15) is 11.1 Å². The van der Waals surface area contributed by atoms with Gasteiger partial charge in [0.15, 0.2) is 11.5 Å². The Hall–Kier alpha value is -2.77. The van der Waals surface area contributed by atoms with E-state index in [1.165, 1.54) is 5.56 Å². The van der Waals surface area contributed by atoms with Gasteiger partial charge in [-0.1, -0.05) is 12.1 Å². The van der Waals surface area contributed by atoms with Crippen molar-refractivity contribution in [1.82, 2.24) is 9.29 Å². The molecule has 0 spiro atoms. The summed E-state index contributed by atoms with van der Waals surface area (Å²) in [5.41, 5.74) is 6.36. The molecule has 0 amide bonds. The van der Waals surface area contributed by atoms with Crippen LogP contribution in [-0.4, -0.2) is 39.8 Å². The summed E-state index contributed by atoms with van der Waals surface area (Å²) < 4.78 is 24.7. The molecule has 4 rings (SSSR count). The van der Waals surface area contributed by atoms with Crippen molar-refractivity contribution in [3.05, 3.63) is 53.7 Å². The van der Waals surface area contributed by atoms with Crippen LogP contribution in [0, 0.1) is 5.41 Å². The minimum Gasteiger partial charge on any atom is -0.493 e. The number of pyridine rings is 1. The van der Waals surface area contributed by atoms with Crippen LogP contribution in [0.3, 0.4) is 0 Å². The van der Waals surface area contributed by atoms with Crippen LogP contribution in [0.5, 0.6) is 11.5 Å². The lowest BCUT2D eigenvalue weighted by atomic mass is 9.94. The molecule has 2 aromatic carbocycles. The van der Waals surface area contributed by atoms with Crippen molar-refractivity contribution in [2.45, 2.75) is 13.0 Å². The van der Waals surface area contributed by atoms with Crippen molar-refractivity contribution in [2.24, 2.45) is 0 Å². The number of nitrogens with one attached hydrogen (secondary N) is 1. The quantitative estimate of drug-likeness (QED) is 0.530. The maximum absolute atomic E-state index is 12.0. The van der Waals surface area contributed by atoms with E-state index in [0.717, 1.165) is 39.6 Å². The van der Waals surface area contributed by atoms with Crippen molar-refractivity contribution in [1.29, 1.82) is 5.41 Å². The Kier molecular flexibility index (Phi) is 5.11. The molecule has 0 radical (unpaired) electrons. The molecular weight excluding hydrogens is 374 g/mol. The van der Waals surface area contributed by atoms with Gasteiger partial charge >= 0.3 is 0 Å². The number of benzene rings is 2. The minimum absolute atomic E-state index is 0.575. The lowest BCUT2D eigenvalue weighted by molar-refractivity contribution is 0.356. The number of ether oxygens (including phenoxy) is 2. The second kappa shape index (κ2) is 7.69. The standard InChI is InChI=1S/C21H21N3O3S/c1-26-20-10-18-17(5-7-23-19(18)11-21(20)27-2)15-4-3-14-6-8-24(28(25)13-22)12-16(14)9-15/h3-5,7,9-11,13,22H,6,8,12H2,1-2H3. The van der Waals surface area contributed by atoms with Crippen LogP contribution in [0.25, 0.3) is 22.0 Å². The molecule has 0 saturated carbocycles. The molecule has 3 aromatic rings. The summed E-state index contributed by atoms with van der Waals surface area (Å²) in [6, 6.07) is 12.2. The smallest absolute Gasteiger partial charge is 0.162 e. The largest absolute Gasteiger partial charge is 0.493 e. The van der Waals surface area contributed by atoms with Gasteiger partial charge in [0.1, 0.15) is 11.0 Å². The lowest BCUT2D eigenvalue weighted by Gasteiger charge is -2.26. The molecule has 144 valence electrons. The van der Waals surface area contributed by atoms with Crippen LogP contribution in [-0.2, 0) is 24.0 Å². The number of fused-ring (bicyclic) bond motifs is 2. The Morgan fingerprint density at radius 2 is 1.89 bits per heavy atom. The Balaban J connectivity index is 1.81. The summed E-state index contributed by atoms with van der Waals surface area (Å²) in [5.74, 6) is 1.31. The van der Waals surface area contributed by atoms with Crippen molar-refractivity contribution in [3.63, 3.8) is 0 Å². The molecule has 1 N–H and O–H groups in total. The molecule has 6 nitrogen and oxygen atoms in total. The molecule has 2 heterocycles. The zero-order valence-corrected chi connectivity index (χ0v) is 16.6. The number of rotatable bonds is 5. The highest BCUT2D eigenvalue weighted by molar-refractivity contribution is 7.96. The Labute approximate surface area is 166 Å². The molecule has 0 saturated heterocycles. The second-order valence-electron chi connectivity index (χ2n) is 6.57. The van der Waals surface area contributed by atoms with Crippen molar-refractivity contribution in [3.8, 4) is 22.6 Å². The maximum atomic E-state index is 12.0. The van der Waals surface area contributed by atoms with E-state index in [0.29, 0.717) is 24.6 Å². The molecule has 0 aliphatic carbocycles. The van der Waals surface area contributed by atoms with Crippen LogP contribution in [0.15, 0.2) is 42.6 Å². The highest BCUT2D eigenvalue weighted by Crippen LogP contribution is 2.37. The van der Waals surface area contributed by atoms with Crippen molar-refractivity contribution < 1.29 is 13.7 Å². The Morgan fingerprint density at radius 1 is 1.11 bits per heavy atom. The van der Waals surface area contributed by atoms with E-state index in [2.05, 4.69) is 23.2 Å². The molecule has 1 unspecified atom stereocenters. The third-order valence-electron chi connectivity index (χ3n) is 5.10. The fourth-order valence-corrected chi connectivity index (χ4v) is 4.34. The van der Waals surface area contributed by atoms with E-state index >= 15 is 0 Å². The number of nitrogens with zero attached hydrogens (tertiary/aromatic N) is 2. The third-order valence-corrected chi connectivity index (χ3v) is 6.12. The SMILES string of the molecule is COc1cc2nccc(-c3ccc4c(c3)CN(S(=O)C=N)CC4)c2cc1OC. The Bertz CT molecular complexity index is 1080. The van der Waals surface area contributed by atoms with Gasteiger partial charge < -0.3 is 9.47 Å². The topological polar surface area (TPSA) is 75.5 Å². The lowest BCUT2D eigenvalue weighted by Crippen LogP contribution is -2.32. The summed E-state index contributed by atoms with van der Waals surface area (Å²) in [6.45, 7) is 1.27. The molecule has 1 aliphatic heterocycles. The van der Waals surface area contributed by atoms with Gasteiger partial charge in [-0.25, -0.2) is 8.51 Å². The van der Waals surface area contributed by atoms with Gasteiger partial charge in [0.25, 0.3) is 0 Å². The van der Waals surface area contributed by atoms with E-state index in [4.69, 9.17) is 14.9 Å². The minimum atomic E-state index is -1.37. The van der Waals surface area contributed by atoms with E-state index in [9.17, 15) is 4.21 Å². The van der Waals surface area contributed by atoms with Gasteiger partial charge in [0.2, 0.25) is 0 Å². The van der Waals surface area contributed by atoms with Crippen LogP contribution in [0.2, 0.25) is 0 Å². The van der Waals surface area contributed by atoms with Crippen molar-refractivity contribution in [2.75, 3.05) is 20.8 Å². The first-order chi connectivity index (χ1) is 13.6. The van der Waals surface area contributed by atoms with Gasteiger partial charge in [0, 0.05) is 30.7 Å². The van der Waals surface area contributed by atoms with Crippen LogP contribution in [0.4, 0.5) is 0 Å². The van der Waals surface area contributed by atoms with Crippen LogP contribution < -0.4 is 9.47 Å². The van der Waals surface area contributed by atoms with E-state index in [1.54, 1.807) is 20.4 Å². The molecule has 1 aliphatic rings. The fraction of sp³-hybridized carbons (Fsp3) is 0.238. The molecule has 7 heteroatoms. The van der Waals surface area contributed by atoms with Crippen molar-refractivity contribution >= 4 is 27.4 Å². The highest BCUT2D eigenvalue weighted by Gasteiger charge is 2.20. The van der Waals surface area contributed by atoms with Gasteiger partial charge in [-0.15, -0.1) is 0 Å². The van der Waals surface area contributed by atoms with Gasteiger partial charge in [-0.3, -0.25) is 10.4 Å². The summed E-state index contributed by atoms with van der Waals surface area (Å²) in [7, 11) is 1.87. The predicted molar refractivity (Wildman–Crippen MR) is 111 cm³/mol. The van der Waals surface area contributed by atoms with Gasteiger partial charge in [-0.05, 0) is 46.9 Å². The van der Waals surface area contributed by atoms with E-state index in [-0.39, 0.29) is 0 Å². The summed E-state index contributed by atoms with van der Waals surface area (Å²) in [4.78, 5) is 4.48. The van der Waals surface area contributed by atoms with Gasteiger partial charge in [-0.2, -0.15) is 0 Å².